The first-order valence-electron chi connectivity index (χ1n) is 6.07. The van der Waals surface area contributed by atoms with Crippen molar-refractivity contribution in [2.24, 2.45) is 0 Å². The van der Waals surface area contributed by atoms with E-state index in [0.717, 1.165) is 6.42 Å². The molecule has 0 saturated carbocycles. The molecule has 1 unspecified atom stereocenters. The standard InChI is InChI=1S/C12H18N2O4S/c1-18-11-7-9(13)4-5-12(11)19(16,17)14-6-2-3-10(14)8-15/h4-5,7,10,15H,2-3,6,8,13H2,1H3. The van der Waals surface area contributed by atoms with Crippen LogP contribution in [0.3, 0.4) is 0 Å². The number of nitrogen functional groups attached to an aromatic ring is 1. The Hall–Kier alpha value is -1.31. The second kappa shape index (κ2) is 5.36. The molecule has 1 fully saturated rings. The summed E-state index contributed by atoms with van der Waals surface area (Å²) >= 11 is 0. The van der Waals surface area contributed by atoms with Gasteiger partial charge < -0.3 is 15.6 Å². The summed E-state index contributed by atoms with van der Waals surface area (Å²) in [5, 5.41) is 9.26. The van der Waals surface area contributed by atoms with Gasteiger partial charge in [-0.2, -0.15) is 4.31 Å². The molecule has 0 bridgehead atoms. The first-order chi connectivity index (χ1) is 9.00. The molecule has 1 aliphatic rings. The van der Waals surface area contributed by atoms with Gasteiger partial charge in [0.25, 0.3) is 0 Å². The maximum absolute atomic E-state index is 12.6. The van der Waals surface area contributed by atoms with Gasteiger partial charge in [0.15, 0.2) is 0 Å². The van der Waals surface area contributed by atoms with Crippen molar-refractivity contribution in [1.82, 2.24) is 4.31 Å². The molecule has 1 heterocycles. The van der Waals surface area contributed by atoms with Crippen LogP contribution < -0.4 is 10.5 Å². The van der Waals surface area contributed by atoms with Crippen molar-refractivity contribution in [2.45, 2.75) is 23.8 Å². The van der Waals surface area contributed by atoms with Gasteiger partial charge in [0.05, 0.1) is 13.7 Å². The van der Waals surface area contributed by atoms with Gasteiger partial charge in [0.2, 0.25) is 10.0 Å². The molecule has 1 atom stereocenters. The van der Waals surface area contributed by atoms with Crippen LogP contribution in [0, 0.1) is 0 Å². The van der Waals surface area contributed by atoms with Crippen LogP contribution in [-0.2, 0) is 10.0 Å². The van der Waals surface area contributed by atoms with E-state index in [2.05, 4.69) is 0 Å². The smallest absolute Gasteiger partial charge is 0.247 e. The van der Waals surface area contributed by atoms with Gasteiger partial charge in [-0.05, 0) is 25.0 Å². The Morgan fingerprint density at radius 2 is 2.26 bits per heavy atom. The average molecular weight is 286 g/mol. The van der Waals surface area contributed by atoms with Crippen molar-refractivity contribution in [1.29, 1.82) is 0 Å². The topological polar surface area (TPSA) is 92.9 Å². The fraction of sp³-hybridized carbons (Fsp3) is 0.500. The highest BCUT2D eigenvalue weighted by atomic mass is 32.2. The first-order valence-corrected chi connectivity index (χ1v) is 7.51. The van der Waals surface area contributed by atoms with Crippen molar-refractivity contribution in [3.63, 3.8) is 0 Å². The van der Waals surface area contributed by atoms with Crippen LogP contribution in [-0.4, -0.2) is 44.1 Å². The molecule has 0 spiro atoms. The summed E-state index contributed by atoms with van der Waals surface area (Å²) in [6.45, 7) is 0.248. The number of anilines is 1. The lowest BCUT2D eigenvalue weighted by molar-refractivity contribution is 0.213. The van der Waals surface area contributed by atoms with Gasteiger partial charge in [-0.3, -0.25) is 0 Å². The maximum atomic E-state index is 12.6. The molecule has 1 aromatic carbocycles. The van der Waals surface area contributed by atoms with Crippen LogP contribution in [0.2, 0.25) is 0 Å². The Kier molecular flexibility index (Phi) is 3.98. The molecule has 0 aromatic heterocycles. The van der Waals surface area contributed by atoms with Gasteiger partial charge >= 0.3 is 0 Å². The fourth-order valence-electron chi connectivity index (χ4n) is 2.33. The highest BCUT2D eigenvalue weighted by Gasteiger charge is 2.36. The number of methoxy groups -OCH3 is 1. The predicted octanol–water partition coefficient (Wildman–Crippen LogP) is 0.423. The number of benzene rings is 1. The number of sulfonamides is 1. The number of nitrogens with zero attached hydrogens (tertiary/aromatic N) is 1. The maximum Gasteiger partial charge on any atom is 0.247 e. The zero-order valence-electron chi connectivity index (χ0n) is 10.7. The van der Waals surface area contributed by atoms with Crippen LogP contribution >= 0.6 is 0 Å². The number of rotatable bonds is 4. The van der Waals surface area contributed by atoms with Crippen LogP contribution in [0.25, 0.3) is 0 Å². The largest absolute Gasteiger partial charge is 0.495 e. The SMILES string of the molecule is COc1cc(N)ccc1S(=O)(=O)N1CCCC1CO. The van der Waals surface area contributed by atoms with E-state index in [1.54, 1.807) is 0 Å². The average Bonchev–Trinajstić information content (AvgIpc) is 2.87. The monoisotopic (exact) mass is 286 g/mol. The molecule has 6 nitrogen and oxygen atoms in total. The molecule has 0 radical (unpaired) electrons. The molecule has 2 rings (SSSR count). The van der Waals surface area contributed by atoms with E-state index in [1.807, 2.05) is 0 Å². The number of ether oxygens (including phenoxy) is 1. The third kappa shape index (κ3) is 2.54. The fourth-order valence-corrected chi connectivity index (χ4v) is 4.15. The molecule has 0 amide bonds. The van der Waals surface area contributed by atoms with Gasteiger partial charge in [-0.25, -0.2) is 8.42 Å². The summed E-state index contributed by atoms with van der Waals surface area (Å²) in [5.41, 5.74) is 6.07. The number of hydrogen-bond acceptors (Lipinski definition) is 5. The lowest BCUT2D eigenvalue weighted by Gasteiger charge is -2.23. The summed E-state index contributed by atoms with van der Waals surface area (Å²) in [6.07, 6.45) is 1.43. The second-order valence-corrected chi connectivity index (χ2v) is 6.36. The Labute approximate surface area is 112 Å². The first kappa shape index (κ1) is 14.1. The van der Waals surface area contributed by atoms with E-state index >= 15 is 0 Å². The summed E-state index contributed by atoms with van der Waals surface area (Å²) in [6, 6.07) is 4.10. The molecule has 1 saturated heterocycles. The van der Waals surface area contributed by atoms with Crippen LogP contribution in [0.5, 0.6) is 5.75 Å². The highest BCUT2D eigenvalue weighted by Crippen LogP contribution is 2.32. The zero-order chi connectivity index (χ0) is 14.0. The number of aliphatic hydroxyl groups is 1. The van der Waals surface area contributed by atoms with Crippen LogP contribution in [0.4, 0.5) is 5.69 Å². The minimum atomic E-state index is -3.67. The molecular weight excluding hydrogens is 268 g/mol. The van der Waals surface area contributed by atoms with E-state index in [1.165, 1.54) is 29.6 Å². The Balaban J connectivity index is 2.45. The van der Waals surface area contributed by atoms with Gasteiger partial charge in [0.1, 0.15) is 10.6 Å². The molecule has 7 heteroatoms. The molecule has 0 aliphatic carbocycles. The quantitative estimate of drug-likeness (QED) is 0.783. The lowest BCUT2D eigenvalue weighted by atomic mass is 10.2. The Morgan fingerprint density at radius 3 is 2.89 bits per heavy atom. The third-order valence-corrected chi connectivity index (χ3v) is 5.30. The van der Waals surface area contributed by atoms with E-state index in [0.29, 0.717) is 18.7 Å². The van der Waals surface area contributed by atoms with Crippen molar-refractivity contribution in [2.75, 3.05) is 26.0 Å². The molecular formula is C12H18N2O4S. The summed E-state index contributed by atoms with van der Waals surface area (Å²) in [7, 11) is -2.26. The van der Waals surface area contributed by atoms with Gasteiger partial charge in [-0.15, -0.1) is 0 Å². The number of aliphatic hydroxyl groups excluding tert-OH is 1. The van der Waals surface area contributed by atoms with Crippen molar-refractivity contribution in [3.05, 3.63) is 18.2 Å². The zero-order valence-corrected chi connectivity index (χ0v) is 11.6. The summed E-state index contributed by atoms with van der Waals surface area (Å²) in [4.78, 5) is 0.0875. The third-order valence-electron chi connectivity index (χ3n) is 3.31. The lowest BCUT2D eigenvalue weighted by Crippen LogP contribution is -2.37. The van der Waals surface area contributed by atoms with E-state index in [4.69, 9.17) is 10.5 Å². The number of nitrogens with two attached hydrogens (primary N) is 1. The van der Waals surface area contributed by atoms with Crippen molar-refractivity contribution in [3.8, 4) is 5.75 Å². The Bertz CT molecular complexity index is 559. The minimum Gasteiger partial charge on any atom is -0.495 e. The van der Waals surface area contributed by atoms with Crippen molar-refractivity contribution < 1.29 is 18.3 Å². The summed E-state index contributed by atoms with van der Waals surface area (Å²) < 4.78 is 31.6. The second-order valence-electron chi connectivity index (χ2n) is 4.50. The van der Waals surface area contributed by atoms with E-state index in [-0.39, 0.29) is 23.3 Å². The van der Waals surface area contributed by atoms with E-state index in [9.17, 15) is 13.5 Å². The van der Waals surface area contributed by atoms with Crippen molar-refractivity contribution >= 4 is 15.7 Å². The normalized spacial score (nSPS) is 20.6. The van der Waals surface area contributed by atoms with Crippen LogP contribution in [0.1, 0.15) is 12.8 Å². The van der Waals surface area contributed by atoms with Gasteiger partial charge in [0, 0.05) is 24.3 Å². The minimum absolute atomic E-state index is 0.0875. The molecule has 3 N–H and O–H groups in total. The van der Waals surface area contributed by atoms with Gasteiger partial charge in [-0.1, -0.05) is 0 Å². The highest BCUT2D eigenvalue weighted by molar-refractivity contribution is 7.89. The molecule has 19 heavy (non-hydrogen) atoms. The molecule has 106 valence electrons. The van der Waals surface area contributed by atoms with E-state index < -0.39 is 10.0 Å². The molecule has 1 aliphatic heterocycles. The molecule has 1 aromatic rings. The number of hydrogen-bond donors (Lipinski definition) is 2. The Morgan fingerprint density at radius 1 is 1.53 bits per heavy atom. The summed E-state index contributed by atoms with van der Waals surface area (Å²) in [5.74, 6) is 0.226. The predicted molar refractivity (Wildman–Crippen MR) is 71.4 cm³/mol. The van der Waals surface area contributed by atoms with Crippen LogP contribution in [0.15, 0.2) is 23.1 Å².